The van der Waals surface area contributed by atoms with Gasteiger partial charge in [-0.15, -0.1) is 0 Å². The fraction of sp³-hybridized carbons (Fsp3) is 0.300. The zero-order valence-corrected chi connectivity index (χ0v) is 15.4. The SMILES string of the molecule is CNC(=O)COc1ccc(C(=O)NCc2ccc3c(c2)CNC3)cc1OC. The van der Waals surface area contributed by atoms with E-state index in [2.05, 4.69) is 28.1 Å². The Morgan fingerprint density at radius 3 is 2.67 bits per heavy atom. The maximum absolute atomic E-state index is 12.5. The summed E-state index contributed by atoms with van der Waals surface area (Å²) in [5, 5.41) is 8.70. The molecule has 0 aliphatic carbocycles. The third-order valence-electron chi connectivity index (χ3n) is 4.42. The van der Waals surface area contributed by atoms with Crippen LogP contribution in [0.2, 0.25) is 0 Å². The van der Waals surface area contributed by atoms with Crippen LogP contribution in [0.4, 0.5) is 0 Å². The van der Waals surface area contributed by atoms with Crippen LogP contribution in [-0.4, -0.2) is 32.6 Å². The summed E-state index contributed by atoms with van der Waals surface area (Å²) in [5.41, 5.74) is 4.11. The molecule has 0 bridgehead atoms. The molecule has 0 fully saturated rings. The summed E-state index contributed by atoms with van der Waals surface area (Å²) < 4.78 is 10.7. The fourth-order valence-electron chi connectivity index (χ4n) is 2.89. The molecule has 1 aliphatic heterocycles. The van der Waals surface area contributed by atoms with E-state index in [0.717, 1.165) is 18.7 Å². The molecular weight excluding hydrogens is 346 g/mol. The predicted octanol–water partition coefficient (Wildman–Crippen LogP) is 1.35. The molecule has 1 heterocycles. The standard InChI is InChI=1S/C20H23N3O4/c1-21-19(24)12-27-17-6-5-14(8-18(17)26-2)20(25)23-9-13-3-4-15-10-22-11-16(15)7-13/h3-8,22H,9-12H2,1-2H3,(H,21,24)(H,23,25). The third-order valence-corrected chi connectivity index (χ3v) is 4.42. The molecule has 0 unspecified atom stereocenters. The molecule has 0 spiro atoms. The highest BCUT2D eigenvalue weighted by molar-refractivity contribution is 5.94. The number of nitrogens with one attached hydrogen (secondary N) is 3. The van der Waals surface area contributed by atoms with E-state index < -0.39 is 0 Å². The Balaban J connectivity index is 1.63. The summed E-state index contributed by atoms with van der Waals surface area (Å²) in [6.45, 7) is 2.09. The Kier molecular flexibility index (Phi) is 5.93. The van der Waals surface area contributed by atoms with E-state index in [0.29, 0.717) is 23.6 Å². The minimum absolute atomic E-state index is 0.119. The Morgan fingerprint density at radius 1 is 1.07 bits per heavy atom. The normalized spacial score (nSPS) is 12.2. The first kappa shape index (κ1) is 18.7. The van der Waals surface area contributed by atoms with Gasteiger partial charge in [0, 0.05) is 32.2 Å². The van der Waals surface area contributed by atoms with Gasteiger partial charge in [0.25, 0.3) is 11.8 Å². The molecule has 2 aromatic carbocycles. The molecular formula is C20H23N3O4. The summed E-state index contributed by atoms with van der Waals surface area (Å²) >= 11 is 0. The van der Waals surface area contributed by atoms with E-state index in [9.17, 15) is 9.59 Å². The third kappa shape index (κ3) is 4.57. The fourth-order valence-corrected chi connectivity index (χ4v) is 2.89. The lowest BCUT2D eigenvalue weighted by Gasteiger charge is -2.12. The molecule has 3 rings (SSSR count). The van der Waals surface area contributed by atoms with Gasteiger partial charge in [-0.3, -0.25) is 9.59 Å². The van der Waals surface area contributed by atoms with Crippen molar-refractivity contribution in [3.05, 3.63) is 58.7 Å². The van der Waals surface area contributed by atoms with Crippen LogP contribution in [-0.2, 0) is 24.4 Å². The Labute approximate surface area is 158 Å². The van der Waals surface area contributed by atoms with Crippen molar-refractivity contribution < 1.29 is 19.1 Å². The van der Waals surface area contributed by atoms with Crippen molar-refractivity contribution in [1.82, 2.24) is 16.0 Å². The molecule has 0 aromatic heterocycles. The number of rotatable bonds is 7. The quantitative estimate of drug-likeness (QED) is 0.686. The largest absolute Gasteiger partial charge is 0.493 e. The van der Waals surface area contributed by atoms with E-state index >= 15 is 0 Å². The van der Waals surface area contributed by atoms with Gasteiger partial charge in [0.1, 0.15) is 0 Å². The lowest BCUT2D eigenvalue weighted by atomic mass is 10.1. The zero-order chi connectivity index (χ0) is 19.2. The van der Waals surface area contributed by atoms with Gasteiger partial charge in [-0.05, 0) is 34.9 Å². The van der Waals surface area contributed by atoms with Crippen molar-refractivity contribution in [1.29, 1.82) is 0 Å². The highest BCUT2D eigenvalue weighted by atomic mass is 16.5. The first-order valence-corrected chi connectivity index (χ1v) is 8.71. The number of hydrogen-bond donors (Lipinski definition) is 3. The number of benzene rings is 2. The smallest absolute Gasteiger partial charge is 0.257 e. The minimum Gasteiger partial charge on any atom is -0.493 e. The summed E-state index contributed by atoms with van der Waals surface area (Å²) in [7, 11) is 3.02. The van der Waals surface area contributed by atoms with E-state index in [4.69, 9.17) is 9.47 Å². The Hall–Kier alpha value is -3.06. The number of likely N-dealkylation sites (N-methyl/N-ethyl adjacent to an activating group) is 1. The van der Waals surface area contributed by atoms with Crippen LogP contribution in [0.15, 0.2) is 36.4 Å². The molecule has 0 radical (unpaired) electrons. The first-order chi connectivity index (χ1) is 13.1. The maximum Gasteiger partial charge on any atom is 0.257 e. The molecule has 0 saturated heterocycles. The van der Waals surface area contributed by atoms with Crippen LogP contribution in [0.5, 0.6) is 11.5 Å². The molecule has 0 saturated carbocycles. The highest BCUT2D eigenvalue weighted by Crippen LogP contribution is 2.28. The number of fused-ring (bicyclic) bond motifs is 1. The molecule has 7 heteroatoms. The summed E-state index contributed by atoms with van der Waals surface area (Å²) in [5.74, 6) is 0.354. The number of amides is 2. The Bertz CT molecular complexity index is 851. The molecule has 1 aliphatic rings. The second kappa shape index (κ2) is 8.55. The van der Waals surface area contributed by atoms with E-state index in [1.54, 1.807) is 18.2 Å². The van der Waals surface area contributed by atoms with Crippen LogP contribution < -0.4 is 25.4 Å². The molecule has 7 nitrogen and oxygen atoms in total. The van der Waals surface area contributed by atoms with Gasteiger partial charge in [-0.2, -0.15) is 0 Å². The summed E-state index contributed by atoms with van der Waals surface area (Å²) in [6.07, 6.45) is 0. The van der Waals surface area contributed by atoms with Gasteiger partial charge in [0.05, 0.1) is 7.11 Å². The topological polar surface area (TPSA) is 88.7 Å². The Morgan fingerprint density at radius 2 is 1.89 bits per heavy atom. The van der Waals surface area contributed by atoms with Crippen molar-refractivity contribution in [2.75, 3.05) is 20.8 Å². The molecule has 27 heavy (non-hydrogen) atoms. The van der Waals surface area contributed by atoms with Crippen LogP contribution in [0.1, 0.15) is 27.0 Å². The van der Waals surface area contributed by atoms with Gasteiger partial charge in [0.15, 0.2) is 18.1 Å². The van der Waals surface area contributed by atoms with E-state index in [-0.39, 0.29) is 18.4 Å². The average Bonchev–Trinajstić information content (AvgIpc) is 3.17. The summed E-state index contributed by atoms with van der Waals surface area (Å²) in [4.78, 5) is 23.8. The monoisotopic (exact) mass is 369 g/mol. The van der Waals surface area contributed by atoms with Crippen molar-refractivity contribution in [2.24, 2.45) is 0 Å². The predicted molar refractivity (Wildman–Crippen MR) is 101 cm³/mol. The van der Waals surface area contributed by atoms with Crippen molar-refractivity contribution in [3.63, 3.8) is 0 Å². The molecule has 2 aromatic rings. The second-order valence-corrected chi connectivity index (χ2v) is 6.22. The number of carbonyl (C=O) groups is 2. The van der Waals surface area contributed by atoms with Gasteiger partial charge >= 0.3 is 0 Å². The van der Waals surface area contributed by atoms with Gasteiger partial charge in [-0.25, -0.2) is 0 Å². The average molecular weight is 369 g/mol. The van der Waals surface area contributed by atoms with Gasteiger partial charge in [0.2, 0.25) is 0 Å². The maximum atomic E-state index is 12.5. The molecule has 142 valence electrons. The highest BCUT2D eigenvalue weighted by Gasteiger charge is 2.13. The summed E-state index contributed by atoms with van der Waals surface area (Å²) in [6, 6.07) is 11.1. The number of hydrogen-bond acceptors (Lipinski definition) is 5. The second-order valence-electron chi connectivity index (χ2n) is 6.22. The van der Waals surface area contributed by atoms with Gasteiger partial charge < -0.3 is 25.4 Å². The first-order valence-electron chi connectivity index (χ1n) is 8.71. The van der Waals surface area contributed by atoms with Crippen molar-refractivity contribution >= 4 is 11.8 Å². The number of methoxy groups -OCH3 is 1. The van der Waals surface area contributed by atoms with E-state index in [1.807, 2.05) is 6.07 Å². The van der Waals surface area contributed by atoms with Gasteiger partial charge in [-0.1, -0.05) is 18.2 Å². The van der Waals surface area contributed by atoms with Crippen LogP contribution >= 0.6 is 0 Å². The van der Waals surface area contributed by atoms with Crippen molar-refractivity contribution in [3.8, 4) is 11.5 Å². The lowest BCUT2D eigenvalue weighted by Crippen LogP contribution is -2.25. The van der Waals surface area contributed by atoms with Crippen molar-refractivity contribution in [2.45, 2.75) is 19.6 Å². The molecule has 0 atom stereocenters. The lowest BCUT2D eigenvalue weighted by molar-refractivity contribution is -0.122. The number of ether oxygens (including phenoxy) is 2. The molecule has 3 N–H and O–H groups in total. The van der Waals surface area contributed by atoms with Crippen LogP contribution in [0.3, 0.4) is 0 Å². The molecule has 2 amide bonds. The van der Waals surface area contributed by atoms with E-state index in [1.165, 1.54) is 25.3 Å². The number of carbonyl (C=O) groups excluding carboxylic acids is 2. The van der Waals surface area contributed by atoms with Crippen LogP contribution in [0.25, 0.3) is 0 Å². The van der Waals surface area contributed by atoms with Crippen LogP contribution in [0, 0.1) is 0 Å². The zero-order valence-electron chi connectivity index (χ0n) is 15.4. The minimum atomic E-state index is -0.247.